The Kier molecular flexibility index (Phi) is 4.61. The van der Waals surface area contributed by atoms with Crippen LogP contribution in [0.3, 0.4) is 0 Å². The minimum atomic E-state index is -0.991. The van der Waals surface area contributed by atoms with Gasteiger partial charge in [-0.2, -0.15) is 0 Å². The van der Waals surface area contributed by atoms with Crippen molar-refractivity contribution in [1.82, 2.24) is 10.3 Å². The molecular weight excluding hydrogens is 273 g/mol. The van der Waals surface area contributed by atoms with E-state index in [-0.39, 0.29) is 6.42 Å². The molecule has 0 spiro atoms. The third-order valence-electron chi connectivity index (χ3n) is 2.95. The van der Waals surface area contributed by atoms with E-state index < -0.39 is 23.7 Å². The Morgan fingerprint density at radius 1 is 1.24 bits per heavy atom. The Labute approximate surface area is 121 Å². The van der Waals surface area contributed by atoms with Crippen LogP contribution < -0.4 is 11.1 Å². The van der Waals surface area contributed by atoms with E-state index in [2.05, 4.69) is 10.3 Å². The summed E-state index contributed by atoms with van der Waals surface area (Å²) in [7, 11) is 0. The van der Waals surface area contributed by atoms with Gasteiger partial charge in [0.15, 0.2) is 0 Å². The first-order chi connectivity index (χ1) is 10.1. The first-order valence-electron chi connectivity index (χ1n) is 6.31. The van der Waals surface area contributed by atoms with E-state index in [1.165, 1.54) is 18.5 Å². The first-order valence-corrected chi connectivity index (χ1v) is 6.31. The number of nitrogens with one attached hydrogen (secondary N) is 1. The van der Waals surface area contributed by atoms with Gasteiger partial charge in [0, 0.05) is 18.8 Å². The summed E-state index contributed by atoms with van der Waals surface area (Å²) in [6, 6.07) is 8.20. The molecule has 5 nitrogen and oxygen atoms in total. The number of benzene rings is 1. The average molecular weight is 287 g/mol. The Hall–Kier alpha value is -2.76. The van der Waals surface area contributed by atoms with Gasteiger partial charge in [-0.3, -0.25) is 14.6 Å². The number of carbonyl (C=O) groups is 2. The molecule has 0 fully saturated rings. The monoisotopic (exact) mass is 287 g/mol. The van der Waals surface area contributed by atoms with Crippen LogP contribution in [0, 0.1) is 5.82 Å². The number of nitrogens with two attached hydrogens (primary N) is 1. The summed E-state index contributed by atoms with van der Waals surface area (Å²) < 4.78 is 13.6. The van der Waals surface area contributed by atoms with Crippen molar-refractivity contribution in [2.75, 3.05) is 0 Å². The molecule has 1 aromatic heterocycles. The predicted molar refractivity (Wildman–Crippen MR) is 74.8 cm³/mol. The molecular formula is C15H14FN3O2. The molecule has 0 aliphatic carbocycles. The topological polar surface area (TPSA) is 85.1 Å². The standard InChI is InChI=1S/C15H14FN3O2/c16-12-6-2-1-4-10(12)8-13(14(17)20)19-15(21)11-5-3-7-18-9-11/h1-7,9,13H,8H2,(H2,17,20)(H,19,21)/t13-/m1/s1. The fourth-order valence-electron chi connectivity index (χ4n) is 1.85. The molecule has 0 bridgehead atoms. The van der Waals surface area contributed by atoms with Crippen molar-refractivity contribution in [2.45, 2.75) is 12.5 Å². The maximum atomic E-state index is 13.6. The van der Waals surface area contributed by atoms with Crippen molar-refractivity contribution >= 4 is 11.8 Å². The van der Waals surface area contributed by atoms with Gasteiger partial charge in [-0.05, 0) is 23.8 Å². The van der Waals surface area contributed by atoms with E-state index in [9.17, 15) is 14.0 Å². The minimum Gasteiger partial charge on any atom is -0.368 e. The van der Waals surface area contributed by atoms with Gasteiger partial charge in [0.1, 0.15) is 11.9 Å². The van der Waals surface area contributed by atoms with Crippen LogP contribution in [-0.2, 0) is 11.2 Å². The van der Waals surface area contributed by atoms with Crippen LogP contribution in [0.2, 0.25) is 0 Å². The van der Waals surface area contributed by atoms with Crippen molar-refractivity contribution in [3.05, 3.63) is 65.7 Å². The van der Waals surface area contributed by atoms with Crippen molar-refractivity contribution in [3.63, 3.8) is 0 Å². The van der Waals surface area contributed by atoms with E-state index in [0.29, 0.717) is 11.1 Å². The summed E-state index contributed by atoms with van der Waals surface area (Å²) in [5.41, 5.74) is 5.89. The third-order valence-corrected chi connectivity index (χ3v) is 2.95. The highest BCUT2D eigenvalue weighted by Crippen LogP contribution is 2.09. The smallest absolute Gasteiger partial charge is 0.253 e. The van der Waals surface area contributed by atoms with E-state index in [1.54, 1.807) is 30.3 Å². The number of hydrogen-bond acceptors (Lipinski definition) is 3. The van der Waals surface area contributed by atoms with Crippen LogP contribution in [0.15, 0.2) is 48.8 Å². The molecule has 0 saturated carbocycles. The van der Waals surface area contributed by atoms with Gasteiger partial charge in [-0.25, -0.2) is 4.39 Å². The minimum absolute atomic E-state index is 0.00594. The van der Waals surface area contributed by atoms with E-state index >= 15 is 0 Å². The van der Waals surface area contributed by atoms with E-state index in [1.807, 2.05) is 0 Å². The molecule has 2 amide bonds. The molecule has 0 unspecified atom stereocenters. The van der Waals surface area contributed by atoms with Gasteiger partial charge >= 0.3 is 0 Å². The highest BCUT2D eigenvalue weighted by molar-refractivity contribution is 5.97. The molecule has 1 aromatic carbocycles. The molecule has 21 heavy (non-hydrogen) atoms. The number of rotatable bonds is 5. The second-order valence-corrected chi connectivity index (χ2v) is 4.47. The molecule has 1 atom stereocenters. The molecule has 3 N–H and O–H groups in total. The number of nitrogens with zero attached hydrogens (tertiary/aromatic N) is 1. The number of primary amides is 1. The Balaban J connectivity index is 2.12. The molecule has 0 radical (unpaired) electrons. The zero-order chi connectivity index (χ0) is 15.2. The van der Waals surface area contributed by atoms with Gasteiger partial charge in [0.2, 0.25) is 5.91 Å². The van der Waals surface area contributed by atoms with Crippen molar-refractivity contribution in [2.24, 2.45) is 5.73 Å². The first kappa shape index (κ1) is 14.6. The lowest BCUT2D eigenvalue weighted by Gasteiger charge is -2.15. The Morgan fingerprint density at radius 2 is 2.00 bits per heavy atom. The molecule has 2 aromatic rings. The Bertz CT molecular complexity index is 646. The van der Waals surface area contributed by atoms with Gasteiger partial charge < -0.3 is 11.1 Å². The zero-order valence-electron chi connectivity index (χ0n) is 11.1. The number of aromatic nitrogens is 1. The lowest BCUT2D eigenvalue weighted by Crippen LogP contribution is -2.46. The van der Waals surface area contributed by atoms with Crippen LogP contribution in [0.25, 0.3) is 0 Å². The molecule has 0 aliphatic heterocycles. The van der Waals surface area contributed by atoms with Gasteiger partial charge in [-0.1, -0.05) is 18.2 Å². The van der Waals surface area contributed by atoms with E-state index in [4.69, 9.17) is 5.73 Å². The Morgan fingerprint density at radius 3 is 2.62 bits per heavy atom. The fourth-order valence-corrected chi connectivity index (χ4v) is 1.85. The largest absolute Gasteiger partial charge is 0.368 e. The molecule has 1 heterocycles. The summed E-state index contributed by atoms with van der Waals surface area (Å²) in [5.74, 6) is -1.65. The normalized spacial score (nSPS) is 11.7. The predicted octanol–water partition coefficient (Wildman–Crippen LogP) is 1.05. The lowest BCUT2D eigenvalue weighted by molar-refractivity contribution is -0.119. The SMILES string of the molecule is NC(=O)[C@@H](Cc1ccccc1F)NC(=O)c1cccnc1. The van der Waals surface area contributed by atoms with Gasteiger partial charge in [-0.15, -0.1) is 0 Å². The number of amides is 2. The summed E-state index contributed by atoms with van der Waals surface area (Å²) >= 11 is 0. The molecule has 2 rings (SSSR count). The van der Waals surface area contributed by atoms with Gasteiger partial charge in [0.25, 0.3) is 5.91 Å². The molecule has 108 valence electrons. The van der Waals surface area contributed by atoms with Crippen LogP contribution in [0.5, 0.6) is 0 Å². The second kappa shape index (κ2) is 6.60. The quantitative estimate of drug-likeness (QED) is 0.862. The number of halogens is 1. The van der Waals surface area contributed by atoms with Crippen molar-refractivity contribution < 1.29 is 14.0 Å². The number of pyridine rings is 1. The summed E-state index contributed by atoms with van der Waals surface area (Å²) in [5, 5.41) is 2.49. The fraction of sp³-hybridized carbons (Fsp3) is 0.133. The number of carbonyl (C=O) groups excluding carboxylic acids is 2. The second-order valence-electron chi connectivity index (χ2n) is 4.47. The zero-order valence-corrected chi connectivity index (χ0v) is 11.1. The van der Waals surface area contributed by atoms with Crippen LogP contribution in [0.1, 0.15) is 15.9 Å². The highest BCUT2D eigenvalue weighted by Gasteiger charge is 2.20. The highest BCUT2D eigenvalue weighted by atomic mass is 19.1. The maximum Gasteiger partial charge on any atom is 0.253 e. The lowest BCUT2D eigenvalue weighted by atomic mass is 10.0. The molecule has 0 aliphatic rings. The van der Waals surface area contributed by atoms with Crippen molar-refractivity contribution in [1.29, 1.82) is 0 Å². The van der Waals surface area contributed by atoms with Crippen LogP contribution in [0.4, 0.5) is 4.39 Å². The summed E-state index contributed by atoms with van der Waals surface area (Å²) in [6.07, 6.45) is 2.90. The maximum absolute atomic E-state index is 13.6. The van der Waals surface area contributed by atoms with E-state index in [0.717, 1.165) is 0 Å². The van der Waals surface area contributed by atoms with Crippen LogP contribution >= 0.6 is 0 Å². The molecule has 6 heteroatoms. The summed E-state index contributed by atoms with van der Waals surface area (Å²) in [6.45, 7) is 0. The average Bonchev–Trinajstić information content (AvgIpc) is 2.49. The number of hydrogen-bond donors (Lipinski definition) is 2. The summed E-state index contributed by atoms with van der Waals surface area (Å²) in [4.78, 5) is 27.3. The third kappa shape index (κ3) is 3.85. The molecule has 0 saturated heterocycles. The van der Waals surface area contributed by atoms with Crippen molar-refractivity contribution in [3.8, 4) is 0 Å². The van der Waals surface area contributed by atoms with Crippen LogP contribution in [-0.4, -0.2) is 22.8 Å². The van der Waals surface area contributed by atoms with Gasteiger partial charge in [0.05, 0.1) is 5.56 Å².